The highest BCUT2D eigenvalue weighted by atomic mass is 35.5. The standard InChI is InChI=1S/C8H9BClN/c1-2-6-4-11-5-8(10)7(6)3-9/h4-5H,2-3H2,1H3. The summed E-state index contributed by atoms with van der Waals surface area (Å²) in [6.45, 7) is 2.06. The maximum Gasteiger partial charge on any atom is 0.0717 e. The SMILES string of the molecule is [B]Cc1c(Cl)cncc1CC. The summed E-state index contributed by atoms with van der Waals surface area (Å²) in [7, 11) is 5.51. The van der Waals surface area contributed by atoms with Crippen LogP contribution in [0.2, 0.25) is 5.02 Å². The molecule has 11 heavy (non-hydrogen) atoms. The van der Waals surface area contributed by atoms with Crippen LogP contribution < -0.4 is 0 Å². The molecule has 0 aromatic carbocycles. The number of nitrogens with zero attached hydrogens (tertiary/aromatic N) is 1. The Bertz CT molecular complexity index is 250. The van der Waals surface area contributed by atoms with E-state index in [1.165, 1.54) is 0 Å². The summed E-state index contributed by atoms with van der Waals surface area (Å²) in [5.74, 6) is 0. The molecule has 3 heteroatoms. The Morgan fingerprint density at radius 3 is 2.73 bits per heavy atom. The number of hydrogen-bond acceptors (Lipinski definition) is 1. The molecule has 0 N–H and O–H groups in total. The Hall–Kier alpha value is -0.495. The number of rotatable bonds is 2. The molecule has 0 fully saturated rings. The van der Waals surface area contributed by atoms with Gasteiger partial charge in [0.2, 0.25) is 0 Å². The summed E-state index contributed by atoms with van der Waals surface area (Å²) in [5.41, 5.74) is 2.16. The quantitative estimate of drug-likeness (QED) is 0.611. The molecular formula is C8H9BClN. The molecular weight excluding hydrogens is 156 g/mol. The van der Waals surface area contributed by atoms with Gasteiger partial charge in [0.1, 0.15) is 0 Å². The molecule has 1 aromatic heterocycles. The molecule has 1 heterocycles. The Morgan fingerprint density at radius 1 is 1.55 bits per heavy atom. The lowest BCUT2D eigenvalue weighted by molar-refractivity contribution is 1.06. The van der Waals surface area contributed by atoms with E-state index in [2.05, 4.69) is 11.9 Å². The van der Waals surface area contributed by atoms with Crippen molar-refractivity contribution in [2.24, 2.45) is 0 Å². The molecule has 0 atom stereocenters. The number of aryl methyl sites for hydroxylation is 1. The fourth-order valence-corrected chi connectivity index (χ4v) is 1.29. The average Bonchev–Trinajstić information content (AvgIpc) is 2.04. The lowest BCUT2D eigenvalue weighted by Crippen LogP contribution is -1.94. The first kappa shape index (κ1) is 8.60. The average molecular weight is 165 g/mol. The fraction of sp³-hybridized carbons (Fsp3) is 0.375. The van der Waals surface area contributed by atoms with Crippen molar-refractivity contribution in [2.75, 3.05) is 0 Å². The van der Waals surface area contributed by atoms with E-state index in [0.29, 0.717) is 11.3 Å². The number of pyridine rings is 1. The van der Waals surface area contributed by atoms with Gasteiger partial charge in [-0.05, 0) is 17.5 Å². The summed E-state index contributed by atoms with van der Waals surface area (Å²) in [6.07, 6.45) is 4.86. The molecule has 0 spiro atoms. The third-order valence-electron chi connectivity index (χ3n) is 1.68. The van der Waals surface area contributed by atoms with E-state index in [1.54, 1.807) is 6.20 Å². The van der Waals surface area contributed by atoms with Gasteiger partial charge in [-0.25, -0.2) is 0 Å². The molecule has 0 amide bonds. The van der Waals surface area contributed by atoms with Gasteiger partial charge >= 0.3 is 0 Å². The van der Waals surface area contributed by atoms with Crippen molar-refractivity contribution in [3.05, 3.63) is 28.5 Å². The second kappa shape index (κ2) is 3.77. The lowest BCUT2D eigenvalue weighted by atomic mass is 9.93. The van der Waals surface area contributed by atoms with Crippen LogP contribution in [0.15, 0.2) is 12.4 Å². The zero-order chi connectivity index (χ0) is 8.27. The van der Waals surface area contributed by atoms with Crippen LogP contribution in [-0.2, 0) is 12.7 Å². The van der Waals surface area contributed by atoms with E-state index in [4.69, 9.17) is 19.4 Å². The topological polar surface area (TPSA) is 12.9 Å². The van der Waals surface area contributed by atoms with E-state index in [-0.39, 0.29) is 0 Å². The van der Waals surface area contributed by atoms with Gasteiger partial charge in [-0.3, -0.25) is 4.98 Å². The van der Waals surface area contributed by atoms with Crippen LogP contribution in [0.4, 0.5) is 0 Å². The second-order valence-electron chi connectivity index (χ2n) is 2.32. The zero-order valence-electron chi connectivity index (χ0n) is 6.47. The molecule has 1 aromatic rings. The highest BCUT2D eigenvalue weighted by Crippen LogP contribution is 2.18. The van der Waals surface area contributed by atoms with Crippen molar-refractivity contribution in [1.82, 2.24) is 4.98 Å². The highest BCUT2D eigenvalue weighted by molar-refractivity contribution is 6.31. The number of aromatic nitrogens is 1. The zero-order valence-corrected chi connectivity index (χ0v) is 7.23. The van der Waals surface area contributed by atoms with Crippen LogP contribution in [0.5, 0.6) is 0 Å². The fourth-order valence-electron chi connectivity index (χ4n) is 1.04. The minimum absolute atomic E-state index is 0.491. The molecule has 56 valence electrons. The first-order valence-corrected chi connectivity index (χ1v) is 3.98. The van der Waals surface area contributed by atoms with Crippen molar-refractivity contribution < 1.29 is 0 Å². The smallest absolute Gasteiger partial charge is 0.0717 e. The summed E-state index contributed by atoms with van der Waals surface area (Å²) in [4.78, 5) is 3.98. The first-order chi connectivity index (χ1) is 5.29. The largest absolute Gasteiger partial charge is 0.263 e. The first-order valence-electron chi connectivity index (χ1n) is 3.61. The molecule has 0 bridgehead atoms. The summed E-state index contributed by atoms with van der Waals surface area (Å²) < 4.78 is 0. The summed E-state index contributed by atoms with van der Waals surface area (Å²) >= 11 is 5.87. The van der Waals surface area contributed by atoms with Crippen LogP contribution in [0.25, 0.3) is 0 Å². The van der Waals surface area contributed by atoms with Gasteiger partial charge in [-0.1, -0.05) is 24.8 Å². The Labute approximate surface area is 73.2 Å². The Morgan fingerprint density at radius 2 is 2.27 bits per heavy atom. The van der Waals surface area contributed by atoms with Crippen molar-refractivity contribution in [3.63, 3.8) is 0 Å². The van der Waals surface area contributed by atoms with Gasteiger partial charge in [-0.2, -0.15) is 0 Å². The molecule has 0 unspecified atom stereocenters. The van der Waals surface area contributed by atoms with Crippen LogP contribution in [-0.4, -0.2) is 12.8 Å². The maximum atomic E-state index is 5.87. The second-order valence-corrected chi connectivity index (χ2v) is 2.72. The van der Waals surface area contributed by atoms with Gasteiger partial charge in [0, 0.05) is 12.4 Å². The van der Waals surface area contributed by atoms with E-state index in [9.17, 15) is 0 Å². The van der Waals surface area contributed by atoms with Crippen LogP contribution in [0.3, 0.4) is 0 Å². The molecule has 0 aliphatic carbocycles. The van der Waals surface area contributed by atoms with Crippen LogP contribution in [0, 0.1) is 0 Å². The molecule has 0 saturated carbocycles. The van der Waals surface area contributed by atoms with Gasteiger partial charge in [0.25, 0.3) is 0 Å². The van der Waals surface area contributed by atoms with E-state index >= 15 is 0 Å². The van der Waals surface area contributed by atoms with E-state index < -0.39 is 0 Å². The van der Waals surface area contributed by atoms with Crippen molar-refractivity contribution in [1.29, 1.82) is 0 Å². The lowest BCUT2D eigenvalue weighted by Gasteiger charge is -2.05. The Balaban J connectivity index is 3.13. The van der Waals surface area contributed by atoms with Gasteiger partial charge in [0.15, 0.2) is 0 Å². The van der Waals surface area contributed by atoms with Crippen LogP contribution >= 0.6 is 11.6 Å². The van der Waals surface area contributed by atoms with Crippen LogP contribution in [0.1, 0.15) is 18.1 Å². The van der Waals surface area contributed by atoms with Crippen molar-refractivity contribution in [3.8, 4) is 0 Å². The molecule has 0 aliphatic heterocycles. The summed E-state index contributed by atoms with van der Waals surface area (Å²) in [6, 6.07) is 0. The molecule has 0 aliphatic rings. The predicted octanol–water partition coefficient (Wildman–Crippen LogP) is 1.97. The Kier molecular flexibility index (Phi) is 2.95. The normalized spacial score (nSPS) is 10.0. The highest BCUT2D eigenvalue weighted by Gasteiger charge is 2.02. The van der Waals surface area contributed by atoms with Gasteiger partial charge in [-0.15, -0.1) is 0 Å². The summed E-state index contributed by atoms with van der Waals surface area (Å²) in [5, 5.41) is 0.673. The number of hydrogen-bond donors (Lipinski definition) is 0. The molecule has 1 rings (SSSR count). The third-order valence-corrected chi connectivity index (χ3v) is 2.00. The minimum Gasteiger partial charge on any atom is -0.263 e. The molecule has 0 saturated heterocycles. The monoisotopic (exact) mass is 165 g/mol. The van der Waals surface area contributed by atoms with Crippen molar-refractivity contribution >= 4 is 19.4 Å². The maximum absolute atomic E-state index is 5.87. The molecule has 2 radical (unpaired) electrons. The predicted molar refractivity (Wildman–Crippen MR) is 48.1 cm³/mol. The third kappa shape index (κ3) is 1.75. The van der Waals surface area contributed by atoms with Crippen molar-refractivity contribution in [2.45, 2.75) is 19.7 Å². The van der Waals surface area contributed by atoms with Gasteiger partial charge < -0.3 is 0 Å². The molecule has 1 nitrogen and oxygen atoms in total. The minimum atomic E-state index is 0.491. The van der Waals surface area contributed by atoms with E-state index in [1.807, 2.05) is 6.20 Å². The van der Waals surface area contributed by atoms with Gasteiger partial charge in [0.05, 0.1) is 12.9 Å². The van der Waals surface area contributed by atoms with E-state index in [0.717, 1.165) is 17.5 Å². The number of halogens is 1.